The Kier molecular flexibility index (Phi) is 1.71. The summed E-state index contributed by atoms with van der Waals surface area (Å²) in [5.41, 5.74) is 3.15. The van der Waals surface area contributed by atoms with Gasteiger partial charge in [0.1, 0.15) is 11.8 Å². The maximum Gasteiger partial charge on any atom is 0.119 e. The van der Waals surface area contributed by atoms with E-state index >= 15 is 0 Å². The van der Waals surface area contributed by atoms with Crippen LogP contribution in [0.2, 0.25) is 0 Å². The molecule has 2 aromatic rings. The van der Waals surface area contributed by atoms with E-state index in [2.05, 4.69) is 11.1 Å². The van der Waals surface area contributed by atoms with Crippen LogP contribution < -0.4 is 0 Å². The van der Waals surface area contributed by atoms with Crippen LogP contribution in [0, 0.1) is 25.2 Å². The van der Waals surface area contributed by atoms with Crippen LogP contribution in [-0.2, 0) is 0 Å². The van der Waals surface area contributed by atoms with E-state index in [-0.39, 0.29) is 5.75 Å². The summed E-state index contributed by atoms with van der Waals surface area (Å²) in [6.07, 6.45) is 0. The van der Waals surface area contributed by atoms with Gasteiger partial charge in [0, 0.05) is 16.6 Å². The molecule has 14 heavy (non-hydrogen) atoms. The molecule has 0 spiro atoms. The number of H-pyrrole nitrogens is 1. The monoisotopic (exact) mass is 186 g/mol. The van der Waals surface area contributed by atoms with Gasteiger partial charge in [0.05, 0.1) is 5.56 Å². The summed E-state index contributed by atoms with van der Waals surface area (Å²) in [5.74, 6) is 0.230. The highest BCUT2D eigenvalue weighted by atomic mass is 16.3. The number of nitrogens with zero attached hydrogens (tertiary/aromatic N) is 1. The molecule has 0 atom stereocenters. The van der Waals surface area contributed by atoms with Crippen molar-refractivity contribution in [2.75, 3.05) is 0 Å². The van der Waals surface area contributed by atoms with E-state index in [4.69, 9.17) is 5.26 Å². The van der Waals surface area contributed by atoms with Gasteiger partial charge in [0.25, 0.3) is 0 Å². The van der Waals surface area contributed by atoms with Crippen molar-refractivity contribution in [2.24, 2.45) is 0 Å². The van der Waals surface area contributed by atoms with Gasteiger partial charge in [-0.25, -0.2) is 0 Å². The van der Waals surface area contributed by atoms with Gasteiger partial charge in [0.15, 0.2) is 0 Å². The zero-order chi connectivity index (χ0) is 10.3. The maximum absolute atomic E-state index is 9.52. The summed E-state index contributed by atoms with van der Waals surface area (Å²) in [5, 5.41) is 19.2. The molecular formula is C11H10N2O. The first-order valence-corrected chi connectivity index (χ1v) is 4.35. The third-order valence-electron chi connectivity index (χ3n) is 2.41. The minimum Gasteiger partial charge on any atom is -0.508 e. The fourth-order valence-electron chi connectivity index (χ4n) is 1.62. The summed E-state index contributed by atoms with van der Waals surface area (Å²) >= 11 is 0. The quantitative estimate of drug-likeness (QED) is 0.663. The lowest BCUT2D eigenvalue weighted by Crippen LogP contribution is -1.76. The van der Waals surface area contributed by atoms with Gasteiger partial charge in [-0.1, -0.05) is 0 Å². The van der Waals surface area contributed by atoms with Crippen molar-refractivity contribution in [2.45, 2.75) is 13.8 Å². The van der Waals surface area contributed by atoms with Crippen LogP contribution >= 0.6 is 0 Å². The van der Waals surface area contributed by atoms with Gasteiger partial charge in [0.2, 0.25) is 0 Å². The van der Waals surface area contributed by atoms with Crippen molar-refractivity contribution < 1.29 is 5.11 Å². The number of nitrogens with one attached hydrogen (secondary N) is 1. The summed E-state index contributed by atoms with van der Waals surface area (Å²) in [6, 6.07) is 5.60. The van der Waals surface area contributed by atoms with Crippen LogP contribution in [0.1, 0.15) is 16.8 Å². The van der Waals surface area contributed by atoms with Crippen LogP contribution in [-0.4, -0.2) is 10.1 Å². The Hall–Kier alpha value is -1.95. The van der Waals surface area contributed by atoms with Crippen molar-refractivity contribution in [3.05, 3.63) is 29.0 Å². The normalized spacial score (nSPS) is 10.4. The average Bonchev–Trinajstić information content (AvgIpc) is 2.42. The van der Waals surface area contributed by atoms with E-state index in [0.29, 0.717) is 5.56 Å². The second-order valence-electron chi connectivity index (χ2n) is 3.42. The van der Waals surface area contributed by atoms with Gasteiger partial charge in [-0.3, -0.25) is 0 Å². The van der Waals surface area contributed by atoms with Crippen molar-refractivity contribution in [1.82, 2.24) is 4.98 Å². The maximum atomic E-state index is 9.52. The SMILES string of the molecule is Cc1cc2[nH]c(C)c(C#N)c2cc1O. The van der Waals surface area contributed by atoms with E-state index < -0.39 is 0 Å². The summed E-state index contributed by atoms with van der Waals surface area (Å²) in [7, 11) is 0. The van der Waals surface area contributed by atoms with Gasteiger partial charge < -0.3 is 10.1 Å². The zero-order valence-corrected chi connectivity index (χ0v) is 8.05. The molecule has 3 nitrogen and oxygen atoms in total. The first-order valence-electron chi connectivity index (χ1n) is 4.35. The van der Waals surface area contributed by atoms with Gasteiger partial charge in [-0.15, -0.1) is 0 Å². The highest BCUT2D eigenvalue weighted by Crippen LogP contribution is 2.27. The van der Waals surface area contributed by atoms with Crippen molar-refractivity contribution in [1.29, 1.82) is 5.26 Å². The number of phenolic OH excluding ortho intramolecular Hbond substituents is 1. The molecule has 2 N–H and O–H groups in total. The molecule has 0 bridgehead atoms. The second-order valence-corrected chi connectivity index (χ2v) is 3.42. The lowest BCUT2D eigenvalue weighted by Gasteiger charge is -1.97. The topological polar surface area (TPSA) is 59.8 Å². The molecule has 1 aromatic heterocycles. The van der Waals surface area contributed by atoms with E-state index in [0.717, 1.165) is 22.2 Å². The summed E-state index contributed by atoms with van der Waals surface area (Å²) in [6.45, 7) is 3.68. The molecule has 0 aliphatic carbocycles. The number of aromatic nitrogens is 1. The molecule has 0 saturated heterocycles. The summed E-state index contributed by atoms with van der Waals surface area (Å²) < 4.78 is 0. The van der Waals surface area contributed by atoms with Crippen molar-refractivity contribution in [3.8, 4) is 11.8 Å². The standard InChI is InChI=1S/C11H10N2O/c1-6-3-10-8(4-11(6)14)9(5-12)7(2)13-10/h3-4,13-14H,1-2H3. The molecule has 0 amide bonds. The Bertz CT molecular complexity index is 546. The Balaban J connectivity index is 2.91. The highest BCUT2D eigenvalue weighted by Gasteiger charge is 2.09. The van der Waals surface area contributed by atoms with Crippen LogP contribution in [0.15, 0.2) is 12.1 Å². The molecule has 0 unspecified atom stereocenters. The van der Waals surface area contributed by atoms with Crippen molar-refractivity contribution in [3.63, 3.8) is 0 Å². The Morgan fingerprint density at radius 2 is 2.07 bits per heavy atom. The number of aryl methyl sites for hydroxylation is 2. The average molecular weight is 186 g/mol. The molecule has 0 fully saturated rings. The first-order chi connectivity index (χ1) is 6.63. The molecule has 70 valence electrons. The smallest absolute Gasteiger partial charge is 0.119 e. The van der Waals surface area contributed by atoms with Crippen LogP contribution in [0.25, 0.3) is 10.9 Å². The lowest BCUT2D eigenvalue weighted by atomic mass is 10.1. The molecular weight excluding hydrogens is 176 g/mol. The number of hydrogen-bond donors (Lipinski definition) is 2. The van der Waals surface area contributed by atoms with E-state index in [9.17, 15) is 5.11 Å². The molecule has 1 aromatic carbocycles. The molecule has 0 radical (unpaired) electrons. The first kappa shape index (κ1) is 8.64. The van der Waals surface area contributed by atoms with Gasteiger partial charge in [-0.05, 0) is 31.5 Å². The second kappa shape index (κ2) is 2.78. The fourth-order valence-corrected chi connectivity index (χ4v) is 1.62. The number of aromatic hydroxyl groups is 1. The van der Waals surface area contributed by atoms with Crippen LogP contribution in [0.3, 0.4) is 0 Å². The minimum atomic E-state index is 0.230. The zero-order valence-electron chi connectivity index (χ0n) is 8.05. The van der Waals surface area contributed by atoms with Gasteiger partial charge >= 0.3 is 0 Å². The van der Waals surface area contributed by atoms with Crippen molar-refractivity contribution >= 4 is 10.9 Å². The third-order valence-corrected chi connectivity index (χ3v) is 2.41. The number of rotatable bonds is 0. The number of fused-ring (bicyclic) bond motifs is 1. The van der Waals surface area contributed by atoms with Crippen LogP contribution in [0.5, 0.6) is 5.75 Å². The number of phenols is 1. The predicted molar refractivity (Wildman–Crippen MR) is 54.2 cm³/mol. The highest BCUT2D eigenvalue weighted by molar-refractivity contribution is 5.89. The minimum absolute atomic E-state index is 0.230. The molecule has 2 rings (SSSR count). The van der Waals surface area contributed by atoms with Gasteiger partial charge in [-0.2, -0.15) is 5.26 Å². The fraction of sp³-hybridized carbons (Fsp3) is 0.182. The lowest BCUT2D eigenvalue weighted by molar-refractivity contribution is 0.472. The Morgan fingerprint density at radius 1 is 1.36 bits per heavy atom. The Morgan fingerprint density at radius 3 is 2.71 bits per heavy atom. The number of benzene rings is 1. The molecule has 0 saturated carbocycles. The predicted octanol–water partition coefficient (Wildman–Crippen LogP) is 2.36. The largest absolute Gasteiger partial charge is 0.508 e. The number of hydrogen-bond acceptors (Lipinski definition) is 2. The third kappa shape index (κ3) is 1.05. The number of nitriles is 1. The summed E-state index contributed by atoms with van der Waals surface area (Å²) in [4.78, 5) is 3.11. The Labute approximate surface area is 81.6 Å². The van der Waals surface area contributed by atoms with E-state index in [1.807, 2.05) is 19.9 Å². The number of aromatic amines is 1. The van der Waals surface area contributed by atoms with E-state index in [1.165, 1.54) is 0 Å². The molecule has 1 heterocycles. The molecule has 3 heteroatoms. The molecule has 0 aliphatic heterocycles. The molecule has 0 aliphatic rings. The van der Waals surface area contributed by atoms with Crippen LogP contribution in [0.4, 0.5) is 0 Å². The van der Waals surface area contributed by atoms with E-state index in [1.54, 1.807) is 6.07 Å².